The van der Waals surface area contributed by atoms with Crippen molar-refractivity contribution in [3.05, 3.63) is 60.3 Å². The van der Waals surface area contributed by atoms with Gasteiger partial charge in [0.25, 0.3) is 11.8 Å². The fraction of sp³-hybridized carbons (Fsp3) is 0.261. The van der Waals surface area contributed by atoms with Gasteiger partial charge in [0.2, 0.25) is 5.60 Å². The van der Waals surface area contributed by atoms with Crippen molar-refractivity contribution < 1.29 is 14.7 Å². The molecule has 2 N–H and O–H groups in total. The first-order valence-corrected chi connectivity index (χ1v) is 10.2. The Morgan fingerprint density at radius 1 is 1.31 bits per heavy atom. The number of nitrogens with zero attached hydrogens (tertiary/aromatic N) is 5. The van der Waals surface area contributed by atoms with E-state index < -0.39 is 17.4 Å². The Morgan fingerprint density at radius 3 is 2.81 bits per heavy atom. The zero-order valence-corrected chi connectivity index (χ0v) is 17.7. The van der Waals surface area contributed by atoms with Gasteiger partial charge in [-0.2, -0.15) is 5.10 Å². The summed E-state index contributed by atoms with van der Waals surface area (Å²) in [4.78, 5) is 34.2. The maximum absolute atomic E-state index is 12.7. The second kappa shape index (κ2) is 8.61. The summed E-state index contributed by atoms with van der Waals surface area (Å²) < 4.78 is 1.79. The number of nitrogens with one attached hydrogen (secondary N) is 1. The Labute approximate surface area is 185 Å². The first kappa shape index (κ1) is 21.2. The van der Waals surface area contributed by atoms with E-state index in [-0.39, 0.29) is 12.1 Å². The Kier molecular flexibility index (Phi) is 5.71. The summed E-state index contributed by atoms with van der Waals surface area (Å²) in [5.41, 5.74) is 0.949. The molecule has 0 bridgehead atoms. The summed E-state index contributed by atoms with van der Waals surface area (Å²) in [6, 6.07) is 8.64. The van der Waals surface area contributed by atoms with Crippen molar-refractivity contribution in [1.82, 2.24) is 24.6 Å². The molecule has 9 heteroatoms. The van der Waals surface area contributed by atoms with Crippen LogP contribution in [0, 0.1) is 11.8 Å². The van der Waals surface area contributed by atoms with Crippen molar-refractivity contribution in [2.24, 2.45) is 0 Å². The summed E-state index contributed by atoms with van der Waals surface area (Å²) in [6.45, 7) is 3.15. The molecule has 1 aliphatic rings. The monoisotopic (exact) mass is 430 g/mol. The van der Waals surface area contributed by atoms with Crippen LogP contribution in [0.15, 0.2) is 49.1 Å². The van der Waals surface area contributed by atoms with E-state index in [2.05, 4.69) is 32.2 Å². The molecule has 1 fully saturated rings. The second-order valence-corrected chi connectivity index (χ2v) is 7.45. The van der Waals surface area contributed by atoms with Crippen LogP contribution in [0.25, 0.3) is 11.3 Å². The number of hydrogen-bond acceptors (Lipinski definition) is 6. The minimum atomic E-state index is -1.70. The fourth-order valence-electron chi connectivity index (χ4n) is 3.39. The van der Waals surface area contributed by atoms with Crippen molar-refractivity contribution in [1.29, 1.82) is 0 Å². The van der Waals surface area contributed by atoms with Gasteiger partial charge in [-0.1, -0.05) is 11.8 Å². The number of amides is 2. The van der Waals surface area contributed by atoms with Gasteiger partial charge in [-0.15, -0.1) is 0 Å². The van der Waals surface area contributed by atoms with Crippen molar-refractivity contribution in [2.45, 2.75) is 25.5 Å². The zero-order valence-electron chi connectivity index (χ0n) is 17.7. The Hall–Kier alpha value is -4.03. The average molecular weight is 430 g/mol. The molecule has 0 radical (unpaired) electrons. The second-order valence-electron chi connectivity index (χ2n) is 7.45. The van der Waals surface area contributed by atoms with Crippen LogP contribution >= 0.6 is 0 Å². The van der Waals surface area contributed by atoms with Crippen LogP contribution < -0.4 is 5.32 Å². The summed E-state index contributed by atoms with van der Waals surface area (Å²) in [5.74, 6) is 4.76. The number of carbonyl (C=O) groups excluding carboxylic acids is 2. The average Bonchev–Trinajstić information content (AvgIpc) is 3.39. The molecule has 9 nitrogen and oxygen atoms in total. The van der Waals surface area contributed by atoms with Gasteiger partial charge in [0.1, 0.15) is 12.0 Å². The summed E-state index contributed by atoms with van der Waals surface area (Å²) >= 11 is 0. The largest absolute Gasteiger partial charge is 0.369 e. The van der Waals surface area contributed by atoms with Crippen LogP contribution in [0.1, 0.15) is 29.4 Å². The van der Waals surface area contributed by atoms with E-state index in [1.165, 1.54) is 23.5 Å². The predicted molar refractivity (Wildman–Crippen MR) is 117 cm³/mol. The molecule has 1 aliphatic heterocycles. The number of aliphatic hydroxyl groups is 1. The number of likely N-dealkylation sites (N-methyl/N-ethyl adjacent to an activating group) is 1. The number of anilines is 1. The van der Waals surface area contributed by atoms with Crippen LogP contribution in [0.4, 0.5) is 5.69 Å². The third-order valence-corrected chi connectivity index (χ3v) is 5.25. The van der Waals surface area contributed by atoms with Crippen molar-refractivity contribution in [3.8, 4) is 23.1 Å². The smallest absolute Gasteiger partial charge is 0.274 e. The summed E-state index contributed by atoms with van der Waals surface area (Å²) in [5, 5.41) is 17.9. The molecule has 3 heterocycles. The lowest BCUT2D eigenvalue weighted by molar-refractivity contribution is -0.137. The molecular formula is C23H22N6O3. The van der Waals surface area contributed by atoms with Gasteiger partial charge < -0.3 is 15.3 Å². The van der Waals surface area contributed by atoms with Crippen LogP contribution in [0.3, 0.4) is 0 Å². The Morgan fingerprint density at radius 2 is 2.16 bits per heavy atom. The zero-order chi connectivity index (χ0) is 22.7. The quantitative estimate of drug-likeness (QED) is 0.608. The van der Waals surface area contributed by atoms with E-state index in [0.29, 0.717) is 35.6 Å². The van der Waals surface area contributed by atoms with Gasteiger partial charge in [0.05, 0.1) is 11.4 Å². The maximum atomic E-state index is 12.7. The third-order valence-electron chi connectivity index (χ3n) is 5.25. The van der Waals surface area contributed by atoms with Crippen molar-refractivity contribution >= 4 is 17.5 Å². The molecule has 1 atom stereocenters. The van der Waals surface area contributed by atoms with Crippen molar-refractivity contribution in [3.63, 3.8) is 0 Å². The number of aromatic nitrogens is 4. The van der Waals surface area contributed by atoms with Crippen LogP contribution in [-0.4, -0.2) is 60.8 Å². The fourth-order valence-corrected chi connectivity index (χ4v) is 3.39. The molecule has 0 saturated carbocycles. The highest BCUT2D eigenvalue weighted by molar-refractivity contribution is 6.05. The SMILES string of the molecule is CCn1ccc(-c2ccc(C#C[C@]3(O)CCN(C)C3=O)cc2NC(=O)c2ccncn2)n1. The first-order chi connectivity index (χ1) is 15.4. The molecule has 0 unspecified atom stereocenters. The van der Waals surface area contributed by atoms with E-state index in [0.717, 1.165) is 0 Å². The minimum absolute atomic E-state index is 0.218. The van der Waals surface area contributed by atoms with E-state index in [1.54, 1.807) is 29.9 Å². The molecule has 0 aliphatic carbocycles. The number of aryl methyl sites for hydroxylation is 1. The number of carbonyl (C=O) groups is 2. The van der Waals surface area contributed by atoms with Crippen LogP contribution in [0.5, 0.6) is 0 Å². The lowest BCUT2D eigenvalue weighted by Crippen LogP contribution is -2.37. The molecule has 32 heavy (non-hydrogen) atoms. The molecule has 162 valence electrons. The molecule has 0 spiro atoms. The third kappa shape index (κ3) is 4.22. The highest BCUT2D eigenvalue weighted by Crippen LogP contribution is 2.28. The van der Waals surface area contributed by atoms with Crippen LogP contribution in [0.2, 0.25) is 0 Å². The molecule has 1 saturated heterocycles. The van der Waals surface area contributed by atoms with Gasteiger partial charge in [0, 0.05) is 50.1 Å². The standard InChI is InChI=1S/C23H22N6O3/c1-3-29-12-8-18(27-29)17-5-4-16(6-9-23(32)10-13-28(2)22(23)31)14-20(17)26-21(30)19-7-11-24-15-25-19/h4-5,7-8,11-12,14-15,32H,3,10,13H2,1-2H3,(H,26,30)/t23-/m0/s1. The molecule has 2 amide bonds. The van der Waals surface area contributed by atoms with E-state index in [9.17, 15) is 14.7 Å². The lowest BCUT2D eigenvalue weighted by atomic mass is 10.0. The highest BCUT2D eigenvalue weighted by Gasteiger charge is 2.42. The molecular weight excluding hydrogens is 408 g/mol. The number of likely N-dealkylation sites (tertiary alicyclic amines) is 1. The normalized spacial score (nSPS) is 17.7. The molecule has 2 aromatic heterocycles. The minimum Gasteiger partial charge on any atom is -0.369 e. The molecule has 3 aromatic rings. The molecule has 1 aromatic carbocycles. The Bertz CT molecular complexity index is 1230. The maximum Gasteiger partial charge on any atom is 0.274 e. The van der Waals surface area contributed by atoms with Gasteiger partial charge >= 0.3 is 0 Å². The number of rotatable bonds is 4. The highest BCUT2D eigenvalue weighted by atomic mass is 16.3. The van der Waals surface area contributed by atoms with Gasteiger partial charge in [-0.25, -0.2) is 9.97 Å². The Balaban J connectivity index is 1.70. The van der Waals surface area contributed by atoms with E-state index in [4.69, 9.17) is 0 Å². The topological polar surface area (TPSA) is 113 Å². The predicted octanol–water partition coefficient (Wildman–Crippen LogP) is 1.56. The van der Waals surface area contributed by atoms with Crippen LogP contribution in [-0.2, 0) is 11.3 Å². The van der Waals surface area contributed by atoms with E-state index >= 15 is 0 Å². The van der Waals surface area contributed by atoms with Gasteiger partial charge in [-0.05, 0) is 37.3 Å². The van der Waals surface area contributed by atoms with Crippen molar-refractivity contribution in [2.75, 3.05) is 18.9 Å². The lowest BCUT2D eigenvalue weighted by Gasteiger charge is -2.13. The number of benzene rings is 1. The van der Waals surface area contributed by atoms with E-state index in [1.807, 2.05) is 19.2 Å². The van der Waals surface area contributed by atoms with Gasteiger partial charge in [-0.3, -0.25) is 14.3 Å². The molecule has 4 rings (SSSR count). The summed E-state index contributed by atoms with van der Waals surface area (Å²) in [6.07, 6.45) is 4.90. The first-order valence-electron chi connectivity index (χ1n) is 10.2. The number of hydrogen-bond donors (Lipinski definition) is 2. The van der Waals surface area contributed by atoms with Gasteiger partial charge in [0.15, 0.2) is 0 Å². The summed E-state index contributed by atoms with van der Waals surface area (Å²) in [7, 11) is 1.63.